The van der Waals surface area contributed by atoms with Gasteiger partial charge in [-0.3, -0.25) is 0 Å². The second-order valence-electron chi connectivity index (χ2n) is 4.57. The molecule has 2 unspecified atom stereocenters. The van der Waals surface area contributed by atoms with Crippen LogP contribution in [-0.4, -0.2) is 5.38 Å². The van der Waals surface area contributed by atoms with Crippen molar-refractivity contribution in [2.75, 3.05) is 0 Å². The summed E-state index contributed by atoms with van der Waals surface area (Å²) in [7, 11) is 0. The fraction of sp³-hybridized carbons (Fsp3) is 0.538. The quantitative estimate of drug-likeness (QED) is 0.641. The third-order valence-corrected chi connectivity index (χ3v) is 4.24. The maximum atomic E-state index is 6.19. The molecule has 0 nitrogen and oxygen atoms in total. The first-order valence-corrected chi connectivity index (χ1v) is 6.92. The van der Waals surface area contributed by atoms with Gasteiger partial charge in [-0.15, -0.1) is 11.6 Å². The van der Waals surface area contributed by atoms with Crippen molar-refractivity contribution in [3.05, 3.63) is 33.8 Å². The first-order chi connectivity index (χ1) is 7.65. The Labute approximate surface area is 112 Å². The normalized spacial score (nSPS) is 25.7. The number of rotatable bonds is 2. The van der Waals surface area contributed by atoms with E-state index in [1.807, 2.05) is 18.2 Å². The zero-order chi connectivity index (χ0) is 11.5. The Hall–Kier alpha value is 0.0900. The Morgan fingerprint density at radius 1 is 1.19 bits per heavy atom. The lowest BCUT2D eigenvalue weighted by atomic mass is 9.84. The van der Waals surface area contributed by atoms with Gasteiger partial charge in [0.25, 0.3) is 0 Å². The van der Waals surface area contributed by atoms with Gasteiger partial charge >= 0.3 is 0 Å². The fourth-order valence-electron chi connectivity index (χ4n) is 2.42. The monoisotopic (exact) mass is 276 g/mol. The minimum absolute atomic E-state index is 0.344. The molecule has 0 bridgehead atoms. The largest absolute Gasteiger partial charge is 0.123 e. The summed E-state index contributed by atoms with van der Waals surface area (Å²) in [6.45, 7) is 0. The molecule has 1 aromatic carbocycles. The molecule has 1 aliphatic rings. The number of benzene rings is 1. The van der Waals surface area contributed by atoms with Crippen molar-refractivity contribution in [2.24, 2.45) is 5.92 Å². The first-order valence-electron chi connectivity index (χ1n) is 5.73. The molecule has 88 valence electrons. The summed E-state index contributed by atoms with van der Waals surface area (Å²) in [5, 5.41) is 1.93. The summed E-state index contributed by atoms with van der Waals surface area (Å²) in [5.74, 6) is 0.659. The van der Waals surface area contributed by atoms with Gasteiger partial charge in [-0.1, -0.05) is 36.0 Å². The molecule has 0 N–H and O–H groups in total. The van der Waals surface area contributed by atoms with Crippen molar-refractivity contribution in [1.82, 2.24) is 0 Å². The molecule has 1 fully saturated rings. The Bertz CT molecular complexity index is 362. The van der Waals surface area contributed by atoms with Crippen molar-refractivity contribution in [3.8, 4) is 0 Å². The van der Waals surface area contributed by atoms with Crippen LogP contribution in [0.1, 0.15) is 31.2 Å². The van der Waals surface area contributed by atoms with Crippen molar-refractivity contribution in [2.45, 2.75) is 37.5 Å². The van der Waals surface area contributed by atoms with Gasteiger partial charge in [0, 0.05) is 15.4 Å². The highest BCUT2D eigenvalue weighted by molar-refractivity contribution is 6.33. The van der Waals surface area contributed by atoms with E-state index in [0.717, 1.165) is 34.9 Å². The van der Waals surface area contributed by atoms with E-state index in [9.17, 15) is 0 Å². The summed E-state index contributed by atoms with van der Waals surface area (Å²) >= 11 is 18.3. The SMILES string of the molecule is Clc1ccc(Cl)c(CC2CCCC(Cl)C2)c1. The molecule has 1 aliphatic carbocycles. The Morgan fingerprint density at radius 3 is 2.75 bits per heavy atom. The van der Waals surface area contributed by atoms with E-state index in [2.05, 4.69) is 0 Å². The van der Waals surface area contributed by atoms with Crippen LogP contribution in [-0.2, 0) is 6.42 Å². The minimum atomic E-state index is 0.344. The van der Waals surface area contributed by atoms with E-state index >= 15 is 0 Å². The van der Waals surface area contributed by atoms with E-state index in [0.29, 0.717) is 11.3 Å². The molecule has 3 heteroatoms. The molecule has 0 aliphatic heterocycles. The lowest BCUT2D eigenvalue weighted by molar-refractivity contribution is 0.361. The second kappa shape index (κ2) is 5.62. The second-order valence-corrected chi connectivity index (χ2v) is 6.03. The van der Waals surface area contributed by atoms with Crippen molar-refractivity contribution < 1.29 is 0 Å². The topological polar surface area (TPSA) is 0 Å². The zero-order valence-electron chi connectivity index (χ0n) is 9.06. The molecule has 1 aromatic rings. The molecule has 0 amide bonds. The van der Waals surface area contributed by atoms with Gasteiger partial charge in [0.2, 0.25) is 0 Å². The third-order valence-electron chi connectivity index (χ3n) is 3.24. The molecule has 2 rings (SSSR count). The standard InChI is InChI=1S/C13H15Cl3/c14-11-3-1-2-9(7-11)6-10-8-12(15)4-5-13(10)16/h4-5,8-9,11H,1-3,6-7H2. The zero-order valence-corrected chi connectivity index (χ0v) is 11.3. The van der Waals surface area contributed by atoms with Gasteiger partial charge in [-0.2, -0.15) is 0 Å². The molecule has 0 heterocycles. The van der Waals surface area contributed by atoms with Gasteiger partial charge in [0.15, 0.2) is 0 Å². The summed E-state index contributed by atoms with van der Waals surface area (Å²) in [6.07, 6.45) is 5.75. The van der Waals surface area contributed by atoms with Crippen LogP contribution >= 0.6 is 34.8 Å². The predicted octanol–water partition coefficient (Wildman–Crippen LogP) is 5.33. The maximum Gasteiger partial charge on any atom is 0.0439 e. The van der Waals surface area contributed by atoms with Crippen LogP contribution in [0.15, 0.2) is 18.2 Å². The lowest BCUT2D eigenvalue weighted by Crippen LogP contribution is -2.17. The molecule has 16 heavy (non-hydrogen) atoms. The van der Waals surface area contributed by atoms with Crippen LogP contribution in [0.5, 0.6) is 0 Å². The number of hydrogen-bond donors (Lipinski definition) is 0. The number of hydrogen-bond acceptors (Lipinski definition) is 0. The van der Waals surface area contributed by atoms with Gasteiger partial charge in [-0.25, -0.2) is 0 Å². The molecule has 0 aromatic heterocycles. The van der Waals surface area contributed by atoms with Crippen LogP contribution in [0.2, 0.25) is 10.0 Å². The molecule has 0 spiro atoms. The maximum absolute atomic E-state index is 6.19. The van der Waals surface area contributed by atoms with Crippen LogP contribution in [0.3, 0.4) is 0 Å². The van der Waals surface area contributed by atoms with Gasteiger partial charge in [-0.05, 0) is 48.9 Å². The Kier molecular flexibility index (Phi) is 4.41. The van der Waals surface area contributed by atoms with E-state index in [1.165, 1.54) is 12.8 Å². The third kappa shape index (κ3) is 3.29. The summed E-state index contributed by atoms with van der Waals surface area (Å²) in [6, 6.07) is 5.68. The van der Waals surface area contributed by atoms with E-state index in [4.69, 9.17) is 34.8 Å². The highest BCUT2D eigenvalue weighted by Gasteiger charge is 2.21. The van der Waals surface area contributed by atoms with E-state index < -0.39 is 0 Å². The van der Waals surface area contributed by atoms with Crippen LogP contribution in [0, 0.1) is 5.92 Å². The van der Waals surface area contributed by atoms with Gasteiger partial charge < -0.3 is 0 Å². The van der Waals surface area contributed by atoms with Crippen LogP contribution < -0.4 is 0 Å². The average Bonchev–Trinajstić information content (AvgIpc) is 2.24. The molecule has 1 saturated carbocycles. The highest BCUT2D eigenvalue weighted by Crippen LogP contribution is 2.32. The number of halogens is 3. The smallest absolute Gasteiger partial charge is 0.0439 e. The molecule has 2 atom stereocenters. The van der Waals surface area contributed by atoms with Gasteiger partial charge in [0.1, 0.15) is 0 Å². The van der Waals surface area contributed by atoms with Gasteiger partial charge in [0.05, 0.1) is 0 Å². The summed E-state index contributed by atoms with van der Waals surface area (Å²) in [5.41, 5.74) is 1.16. The van der Waals surface area contributed by atoms with E-state index in [1.54, 1.807) is 0 Å². The summed E-state index contributed by atoms with van der Waals surface area (Å²) in [4.78, 5) is 0. The van der Waals surface area contributed by atoms with Crippen molar-refractivity contribution >= 4 is 34.8 Å². The van der Waals surface area contributed by atoms with E-state index in [-0.39, 0.29) is 0 Å². The molecular weight excluding hydrogens is 263 g/mol. The van der Waals surface area contributed by atoms with Crippen molar-refractivity contribution in [1.29, 1.82) is 0 Å². The first kappa shape index (κ1) is 12.5. The van der Waals surface area contributed by atoms with Crippen LogP contribution in [0.4, 0.5) is 0 Å². The molecule has 0 saturated heterocycles. The average molecular weight is 278 g/mol. The lowest BCUT2D eigenvalue weighted by Gasteiger charge is -2.25. The highest BCUT2D eigenvalue weighted by atomic mass is 35.5. The number of alkyl halides is 1. The molecule has 0 radical (unpaired) electrons. The minimum Gasteiger partial charge on any atom is -0.123 e. The summed E-state index contributed by atoms with van der Waals surface area (Å²) < 4.78 is 0. The van der Waals surface area contributed by atoms with Crippen LogP contribution in [0.25, 0.3) is 0 Å². The fourth-order valence-corrected chi connectivity index (χ4v) is 3.22. The Morgan fingerprint density at radius 2 is 2.00 bits per heavy atom. The van der Waals surface area contributed by atoms with Crippen molar-refractivity contribution in [3.63, 3.8) is 0 Å². The Balaban J connectivity index is 2.05. The molecular formula is C13H15Cl3. The predicted molar refractivity (Wildman–Crippen MR) is 71.8 cm³/mol.